The van der Waals surface area contributed by atoms with Crippen molar-refractivity contribution in [2.75, 3.05) is 10.2 Å². The number of hydrogen-bond donors (Lipinski definition) is 1. The lowest BCUT2D eigenvalue weighted by Crippen LogP contribution is -2.29. The maximum absolute atomic E-state index is 13.1. The Balaban J connectivity index is 1.38. The number of nitrogens with zero attached hydrogens (tertiary/aromatic N) is 2. The van der Waals surface area contributed by atoms with Gasteiger partial charge in [-0.2, -0.15) is 0 Å². The van der Waals surface area contributed by atoms with Gasteiger partial charge in [-0.3, -0.25) is 14.4 Å². The van der Waals surface area contributed by atoms with Crippen LogP contribution in [-0.2, 0) is 6.54 Å². The number of amides is 3. The molecule has 34 heavy (non-hydrogen) atoms. The minimum Gasteiger partial charge on any atom is -0.344 e. The van der Waals surface area contributed by atoms with E-state index < -0.39 is 0 Å². The Morgan fingerprint density at radius 2 is 1.44 bits per heavy atom. The standard InChI is InChI=1S/C28H23N3O3/c1-18-15-25(19(2)30(18)17-20-9-4-3-5-10-20)26(32)29-21-11-8-12-22(16-21)31-27(33)23-13-6-7-14-24(23)28(31)34/h3-16H,17H2,1-2H3,(H,29,32). The first-order valence-electron chi connectivity index (χ1n) is 11.0. The van der Waals surface area contributed by atoms with Crippen molar-refractivity contribution in [3.8, 4) is 0 Å². The molecule has 6 heteroatoms. The highest BCUT2D eigenvalue weighted by Crippen LogP contribution is 2.30. The first-order chi connectivity index (χ1) is 16.4. The number of aromatic nitrogens is 1. The first-order valence-corrected chi connectivity index (χ1v) is 11.0. The molecule has 1 aromatic heterocycles. The van der Waals surface area contributed by atoms with Crippen LogP contribution in [0.5, 0.6) is 0 Å². The summed E-state index contributed by atoms with van der Waals surface area (Å²) < 4.78 is 2.11. The molecule has 0 bridgehead atoms. The van der Waals surface area contributed by atoms with Crippen LogP contribution < -0.4 is 10.2 Å². The van der Waals surface area contributed by atoms with Gasteiger partial charge in [0.25, 0.3) is 17.7 Å². The highest BCUT2D eigenvalue weighted by atomic mass is 16.2. The minimum atomic E-state index is -0.367. The topological polar surface area (TPSA) is 71.4 Å². The highest BCUT2D eigenvalue weighted by molar-refractivity contribution is 6.34. The molecule has 0 atom stereocenters. The van der Waals surface area contributed by atoms with Crippen LogP contribution >= 0.6 is 0 Å². The van der Waals surface area contributed by atoms with E-state index in [0.717, 1.165) is 21.9 Å². The molecule has 1 aliphatic rings. The van der Waals surface area contributed by atoms with Crippen molar-refractivity contribution in [1.29, 1.82) is 0 Å². The molecule has 0 spiro atoms. The highest BCUT2D eigenvalue weighted by Gasteiger charge is 2.36. The number of fused-ring (bicyclic) bond motifs is 1. The third-order valence-corrected chi connectivity index (χ3v) is 6.16. The molecule has 0 unspecified atom stereocenters. The van der Waals surface area contributed by atoms with Gasteiger partial charge in [-0.1, -0.05) is 48.5 Å². The third-order valence-electron chi connectivity index (χ3n) is 6.16. The molecule has 3 aromatic carbocycles. The Morgan fingerprint density at radius 3 is 2.12 bits per heavy atom. The van der Waals surface area contributed by atoms with Crippen LogP contribution in [0.2, 0.25) is 0 Å². The summed E-state index contributed by atoms with van der Waals surface area (Å²) in [7, 11) is 0. The van der Waals surface area contributed by atoms with Crippen LogP contribution in [0.4, 0.5) is 11.4 Å². The summed E-state index contributed by atoms with van der Waals surface area (Å²) in [5.41, 5.74) is 5.29. The Bertz CT molecular complexity index is 1400. The van der Waals surface area contributed by atoms with E-state index in [-0.39, 0.29) is 17.7 Å². The quantitative estimate of drug-likeness (QED) is 0.426. The smallest absolute Gasteiger partial charge is 0.266 e. The molecule has 0 saturated heterocycles. The summed E-state index contributed by atoms with van der Waals surface area (Å²) in [5.74, 6) is -0.978. The van der Waals surface area contributed by atoms with Gasteiger partial charge in [0.15, 0.2) is 0 Å². The van der Waals surface area contributed by atoms with Crippen molar-refractivity contribution < 1.29 is 14.4 Å². The summed E-state index contributed by atoms with van der Waals surface area (Å²) in [5, 5.41) is 2.92. The Labute approximate surface area is 197 Å². The molecule has 0 aliphatic carbocycles. The number of nitrogens with one attached hydrogen (secondary N) is 1. The number of carbonyl (C=O) groups excluding carboxylic acids is 3. The monoisotopic (exact) mass is 449 g/mol. The maximum Gasteiger partial charge on any atom is 0.266 e. The zero-order valence-electron chi connectivity index (χ0n) is 18.9. The second kappa shape index (κ2) is 8.48. The number of anilines is 2. The van der Waals surface area contributed by atoms with Crippen molar-refractivity contribution in [3.63, 3.8) is 0 Å². The van der Waals surface area contributed by atoms with Crippen LogP contribution in [0.25, 0.3) is 0 Å². The molecule has 6 nitrogen and oxygen atoms in total. The predicted molar refractivity (Wildman–Crippen MR) is 131 cm³/mol. The molecule has 3 amide bonds. The SMILES string of the molecule is Cc1cc(C(=O)Nc2cccc(N3C(=O)c4ccccc4C3=O)c2)c(C)n1Cc1ccccc1. The second-order valence-corrected chi connectivity index (χ2v) is 8.35. The lowest BCUT2D eigenvalue weighted by molar-refractivity contribution is 0.0925. The van der Waals surface area contributed by atoms with Gasteiger partial charge in [0.05, 0.1) is 22.4 Å². The largest absolute Gasteiger partial charge is 0.344 e. The van der Waals surface area contributed by atoms with E-state index in [9.17, 15) is 14.4 Å². The van der Waals surface area contributed by atoms with Crippen LogP contribution in [0.1, 0.15) is 48.0 Å². The van der Waals surface area contributed by atoms with E-state index in [1.54, 1.807) is 48.5 Å². The second-order valence-electron chi connectivity index (χ2n) is 8.35. The first kappa shape index (κ1) is 21.4. The lowest BCUT2D eigenvalue weighted by Gasteiger charge is -2.15. The van der Waals surface area contributed by atoms with Crippen LogP contribution in [0.15, 0.2) is 84.9 Å². The lowest BCUT2D eigenvalue weighted by atomic mass is 10.1. The van der Waals surface area contributed by atoms with Crippen LogP contribution in [-0.4, -0.2) is 22.3 Å². The summed E-state index contributed by atoms with van der Waals surface area (Å²) in [6, 6.07) is 25.5. The van der Waals surface area contributed by atoms with E-state index in [1.165, 1.54) is 0 Å². The molecule has 0 fully saturated rings. The number of aryl methyl sites for hydroxylation is 1. The van der Waals surface area contributed by atoms with Crippen molar-refractivity contribution in [2.45, 2.75) is 20.4 Å². The van der Waals surface area contributed by atoms with Gasteiger partial charge in [-0.15, -0.1) is 0 Å². The maximum atomic E-state index is 13.1. The van der Waals surface area contributed by atoms with E-state index in [1.807, 2.05) is 38.1 Å². The number of imide groups is 1. The Morgan fingerprint density at radius 1 is 0.794 bits per heavy atom. The van der Waals surface area contributed by atoms with Crippen molar-refractivity contribution >= 4 is 29.1 Å². The van der Waals surface area contributed by atoms with Gasteiger partial charge in [0.2, 0.25) is 0 Å². The average Bonchev–Trinajstić information content (AvgIpc) is 3.27. The summed E-state index contributed by atoms with van der Waals surface area (Å²) in [6.07, 6.45) is 0. The molecule has 4 aromatic rings. The average molecular weight is 450 g/mol. The zero-order valence-corrected chi connectivity index (χ0v) is 18.9. The van der Waals surface area contributed by atoms with Gasteiger partial charge >= 0.3 is 0 Å². The Hall–Kier alpha value is -4.45. The summed E-state index contributed by atoms with van der Waals surface area (Å²) in [6.45, 7) is 4.59. The van der Waals surface area contributed by atoms with Gasteiger partial charge in [-0.25, -0.2) is 4.90 Å². The molecular weight excluding hydrogens is 426 g/mol. The van der Waals surface area contributed by atoms with E-state index in [4.69, 9.17) is 0 Å². The molecule has 0 radical (unpaired) electrons. The third kappa shape index (κ3) is 3.69. The van der Waals surface area contributed by atoms with Crippen molar-refractivity contribution in [1.82, 2.24) is 4.57 Å². The van der Waals surface area contributed by atoms with Crippen molar-refractivity contribution in [2.24, 2.45) is 0 Å². The summed E-state index contributed by atoms with van der Waals surface area (Å²) >= 11 is 0. The molecule has 2 heterocycles. The zero-order chi connectivity index (χ0) is 23.8. The summed E-state index contributed by atoms with van der Waals surface area (Å²) in [4.78, 5) is 39.9. The fourth-order valence-electron chi connectivity index (χ4n) is 4.39. The van der Waals surface area contributed by atoms with Gasteiger partial charge in [0, 0.05) is 23.6 Å². The van der Waals surface area contributed by atoms with E-state index in [0.29, 0.717) is 34.6 Å². The Kier molecular flexibility index (Phi) is 5.34. The van der Waals surface area contributed by atoms with Crippen LogP contribution in [0, 0.1) is 13.8 Å². The van der Waals surface area contributed by atoms with E-state index in [2.05, 4.69) is 22.0 Å². The fourth-order valence-corrected chi connectivity index (χ4v) is 4.39. The molecule has 0 saturated carbocycles. The fraction of sp³-hybridized carbons (Fsp3) is 0.107. The molecule has 5 rings (SSSR count). The van der Waals surface area contributed by atoms with E-state index >= 15 is 0 Å². The van der Waals surface area contributed by atoms with Crippen LogP contribution in [0.3, 0.4) is 0 Å². The molecular formula is C28H23N3O3. The normalized spacial score (nSPS) is 12.7. The van der Waals surface area contributed by atoms with Gasteiger partial charge in [0.1, 0.15) is 0 Å². The number of carbonyl (C=O) groups is 3. The number of hydrogen-bond acceptors (Lipinski definition) is 3. The van der Waals surface area contributed by atoms with Gasteiger partial charge < -0.3 is 9.88 Å². The molecule has 1 N–H and O–H groups in total. The predicted octanol–water partition coefficient (Wildman–Crippen LogP) is 5.21. The van der Waals surface area contributed by atoms with Gasteiger partial charge in [-0.05, 0) is 55.8 Å². The molecule has 168 valence electrons. The van der Waals surface area contributed by atoms with Crippen molar-refractivity contribution in [3.05, 3.63) is 119 Å². The minimum absolute atomic E-state index is 0.244. The molecule has 1 aliphatic heterocycles. The number of benzene rings is 3. The number of rotatable bonds is 5.